The number of aromatic nitrogens is 2. The van der Waals surface area contributed by atoms with Gasteiger partial charge >= 0.3 is 0 Å². The number of nitrogens with zero attached hydrogens (tertiary/aromatic N) is 3. The van der Waals surface area contributed by atoms with E-state index in [1.165, 1.54) is 43.2 Å². The number of rotatable bonds is 7. The molecule has 0 spiro atoms. The van der Waals surface area contributed by atoms with Gasteiger partial charge in [0.05, 0.1) is 26.9 Å². The number of thiazole rings is 1. The van der Waals surface area contributed by atoms with Crippen molar-refractivity contribution in [1.82, 2.24) is 9.55 Å². The van der Waals surface area contributed by atoms with Crippen molar-refractivity contribution in [3.05, 3.63) is 200 Å². The summed E-state index contributed by atoms with van der Waals surface area (Å²) in [4.78, 5) is 7.25. The zero-order valence-corrected chi connectivity index (χ0v) is 29.6. The summed E-state index contributed by atoms with van der Waals surface area (Å²) in [6.45, 7) is 0. The number of para-hydroxylation sites is 4. The van der Waals surface area contributed by atoms with Crippen LogP contribution in [0.25, 0.3) is 70.5 Å². The van der Waals surface area contributed by atoms with Crippen LogP contribution in [0.15, 0.2) is 200 Å². The minimum Gasteiger partial charge on any atom is -0.311 e. The van der Waals surface area contributed by atoms with Gasteiger partial charge in [-0.1, -0.05) is 121 Å². The van der Waals surface area contributed by atoms with Crippen molar-refractivity contribution >= 4 is 60.4 Å². The SMILES string of the molecule is c1ccc(-c2ccc(N(c3ccc(-c4nc5ccccc5s4)cc3)c3ccc(-c4ccccc4-n4c5ccccc5c5ccccc54)cc3)cc2)cc1. The van der Waals surface area contributed by atoms with Gasteiger partial charge in [-0.2, -0.15) is 0 Å². The van der Waals surface area contributed by atoms with Gasteiger partial charge in [-0.15, -0.1) is 11.3 Å². The molecule has 0 saturated carbocycles. The zero-order chi connectivity index (χ0) is 35.1. The maximum Gasteiger partial charge on any atom is 0.124 e. The smallest absolute Gasteiger partial charge is 0.124 e. The highest BCUT2D eigenvalue weighted by molar-refractivity contribution is 7.21. The van der Waals surface area contributed by atoms with Crippen LogP contribution in [0.5, 0.6) is 0 Å². The van der Waals surface area contributed by atoms with Crippen molar-refractivity contribution in [2.75, 3.05) is 4.90 Å². The van der Waals surface area contributed by atoms with E-state index in [0.29, 0.717) is 0 Å². The number of hydrogen-bond acceptors (Lipinski definition) is 3. The van der Waals surface area contributed by atoms with E-state index in [2.05, 4.69) is 204 Å². The largest absolute Gasteiger partial charge is 0.311 e. The molecule has 250 valence electrons. The van der Waals surface area contributed by atoms with Gasteiger partial charge in [-0.05, 0) is 95.6 Å². The summed E-state index contributed by atoms with van der Waals surface area (Å²) in [6.07, 6.45) is 0. The standard InChI is InChI=1S/C49H33N3S/c1-2-12-34(13-3-1)35-22-28-38(29-23-35)51(40-32-26-37(27-33-40)49-50-44-17-7-11-21-48(44)53-49)39-30-24-36(25-31-39)41-14-4-8-18-45(41)52-46-19-9-5-15-42(46)43-16-6-10-20-47(43)52/h1-33H. The predicted molar refractivity (Wildman–Crippen MR) is 225 cm³/mol. The van der Waals surface area contributed by atoms with Crippen LogP contribution >= 0.6 is 11.3 Å². The molecule has 0 aliphatic rings. The molecule has 0 amide bonds. The Morgan fingerprint density at radius 2 is 0.887 bits per heavy atom. The van der Waals surface area contributed by atoms with Crippen molar-refractivity contribution in [3.8, 4) is 38.5 Å². The molecule has 0 aliphatic heterocycles. The van der Waals surface area contributed by atoms with E-state index in [4.69, 9.17) is 4.98 Å². The van der Waals surface area contributed by atoms with Gasteiger partial charge in [0.25, 0.3) is 0 Å². The molecule has 0 radical (unpaired) electrons. The Balaban J connectivity index is 1.05. The molecule has 10 aromatic rings. The van der Waals surface area contributed by atoms with Crippen molar-refractivity contribution in [3.63, 3.8) is 0 Å². The minimum atomic E-state index is 1.03. The van der Waals surface area contributed by atoms with Crippen LogP contribution in [-0.4, -0.2) is 9.55 Å². The summed E-state index contributed by atoms with van der Waals surface area (Å²) < 4.78 is 3.60. The molecule has 2 aromatic heterocycles. The van der Waals surface area contributed by atoms with E-state index in [1.54, 1.807) is 11.3 Å². The lowest BCUT2D eigenvalue weighted by atomic mass is 10.0. The van der Waals surface area contributed by atoms with E-state index in [0.717, 1.165) is 44.4 Å². The van der Waals surface area contributed by atoms with E-state index in [1.807, 2.05) is 6.07 Å². The molecule has 0 saturated heterocycles. The first kappa shape index (κ1) is 31.0. The number of anilines is 3. The molecular formula is C49H33N3S. The van der Waals surface area contributed by atoms with Gasteiger partial charge in [-0.3, -0.25) is 0 Å². The molecule has 0 aliphatic carbocycles. The fourth-order valence-corrected chi connectivity index (χ4v) is 8.49. The fourth-order valence-electron chi connectivity index (χ4n) is 7.51. The molecule has 53 heavy (non-hydrogen) atoms. The molecular weight excluding hydrogens is 663 g/mol. The van der Waals surface area contributed by atoms with Crippen LogP contribution in [0.1, 0.15) is 0 Å². The lowest BCUT2D eigenvalue weighted by molar-refractivity contribution is 1.18. The summed E-state index contributed by atoms with van der Waals surface area (Å²) >= 11 is 1.73. The normalized spacial score (nSPS) is 11.4. The summed E-state index contributed by atoms with van der Waals surface area (Å²) in [5.41, 5.74) is 13.7. The summed E-state index contributed by atoms with van der Waals surface area (Å²) in [5, 5.41) is 3.55. The van der Waals surface area contributed by atoms with Crippen molar-refractivity contribution in [2.45, 2.75) is 0 Å². The molecule has 8 aromatic carbocycles. The van der Waals surface area contributed by atoms with Crippen molar-refractivity contribution in [2.24, 2.45) is 0 Å². The maximum atomic E-state index is 4.91. The highest BCUT2D eigenvalue weighted by Gasteiger charge is 2.17. The highest BCUT2D eigenvalue weighted by Crippen LogP contribution is 2.40. The molecule has 3 nitrogen and oxygen atoms in total. The van der Waals surface area contributed by atoms with Gasteiger partial charge in [0.15, 0.2) is 0 Å². The summed E-state index contributed by atoms with van der Waals surface area (Å²) in [6, 6.07) is 71.6. The van der Waals surface area contributed by atoms with Crippen LogP contribution in [0.3, 0.4) is 0 Å². The number of benzene rings is 8. The molecule has 0 atom stereocenters. The number of hydrogen-bond donors (Lipinski definition) is 0. The van der Waals surface area contributed by atoms with Crippen molar-refractivity contribution < 1.29 is 0 Å². The average Bonchev–Trinajstić information content (AvgIpc) is 3.82. The maximum absolute atomic E-state index is 4.91. The Morgan fingerprint density at radius 1 is 0.396 bits per heavy atom. The van der Waals surface area contributed by atoms with Crippen LogP contribution in [0.4, 0.5) is 17.1 Å². The van der Waals surface area contributed by atoms with E-state index in [-0.39, 0.29) is 0 Å². The molecule has 0 fully saturated rings. The second-order valence-electron chi connectivity index (χ2n) is 13.2. The monoisotopic (exact) mass is 695 g/mol. The van der Waals surface area contributed by atoms with Crippen LogP contribution < -0.4 is 4.90 Å². The fraction of sp³-hybridized carbons (Fsp3) is 0. The van der Waals surface area contributed by atoms with Crippen LogP contribution in [0.2, 0.25) is 0 Å². The summed E-state index contributed by atoms with van der Waals surface area (Å²) in [7, 11) is 0. The van der Waals surface area contributed by atoms with E-state index < -0.39 is 0 Å². The molecule has 0 N–H and O–H groups in total. The molecule has 0 unspecified atom stereocenters. The van der Waals surface area contributed by atoms with Crippen molar-refractivity contribution in [1.29, 1.82) is 0 Å². The average molecular weight is 696 g/mol. The Labute approximate surface area is 312 Å². The van der Waals surface area contributed by atoms with Gasteiger partial charge in [0.1, 0.15) is 5.01 Å². The Hall–Kier alpha value is -6.75. The van der Waals surface area contributed by atoms with Crippen LogP contribution in [0, 0.1) is 0 Å². The van der Waals surface area contributed by atoms with E-state index in [9.17, 15) is 0 Å². The Kier molecular flexibility index (Phi) is 7.67. The number of fused-ring (bicyclic) bond motifs is 4. The predicted octanol–water partition coefficient (Wildman–Crippen LogP) is 13.9. The second-order valence-corrected chi connectivity index (χ2v) is 14.2. The second kappa shape index (κ2) is 13.1. The molecule has 10 rings (SSSR count). The zero-order valence-electron chi connectivity index (χ0n) is 28.8. The molecule has 0 bridgehead atoms. The van der Waals surface area contributed by atoms with Gasteiger partial charge in [0, 0.05) is 39.0 Å². The van der Waals surface area contributed by atoms with Gasteiger partial charge in [-0.25, -0.2) is 4.98 Å². The first-order valence-electron chi connectivity index (χ1n) is 17.9. The molecule has 4 heteroatoms. The van der Waals surface area contributed by atoms with Gasteiger partial charge in [0.2, 0.25) is 0 Å². The Morgan fingerprint density at radius 3 is 1.53 bits per heavy atom. The lowest BCUT2D eigenvalue weighted by Crippen LogP contribution is -2.09. The van der Waals surface area contributed by atoms with Crippen LogP contribution in [-0.2, 0) is 0 Å². The Bertz CT molecular complexity index is 2780. The highest BCUT2D eigenvalue weighted by atomic mass is 32.1. The third-order valence-corrected chi connectivity index (χ3v) is 11.1. The third kappa shape index (κ3) is 5.57. The minimum absolute atomic E-state index is 1.03. The first-order valence-corrected chi connectivity index (χ1v) is 18.7. The summed E-state index contributed by atoms with van der Waals surface area (Å²) in [5.74, 6) is 0. The third-order valence-electron chi connectivity index (χ3n) is 10.1. The van der Waals surface area contributed by atoms with Gasteiger partial charge < -0.3 is 9.47 Å². The van der Waals surface area contributed by atoms with E-state index >= 15 is 0 Å². The molecule has 2 heterocycles. The lowest BCUT2D eigenvalue weighted by Gasteiger charge is -2.26. The first-order chi connectivity index (χ1) is 26.3. The quantitative estimate of drug-likeness (QED) is 0.165. The topological polar surface area (TPSA) is 21.1 Å².